The molecule has 2 aromatic carbocycles. The minimum absolute atomic E-state index is 0.0500. The summed E-state index contributed by atoms with van der Waals surface area (Å²) in [4.78, 5) is 28.8. The predicted molar refractivity (Wildman–Crippen MR) is 125 cm³/mol. The normalized spacial score (nSPS) is 14.7. The van der Waals surface area contributed by atoms with Gasteiger partial charge in [-0.15, -0.1) is 0 Å². The molecule has 0 atom stereocenters. The Balaban J connectivity index is 1.31. The summed E-state index contributed by atoms with van der Waals surface area (Å²) in [6.07, 6.45) is -4.55. The molecule has 1 saturated heterocycles. The van der Waals surface area contributed by atoms with Crippen molar-refractivity contribution >= 4 is 17.5 Å². The number of hydrogen-bond donors (Lipinski definition) is 1. The van der Waals surface area contributed by atoms with Gasteiger partial charge in [0.15, 0.2) is 0 Å². The second kappa shape index (κ2) is 9.91. The number of nitrogens with one attached hydrogen (secondary N) is 1. The first-order valence-electron chi connectivity index (χ1n) is 11.2. The van der Waals surface area contributed by atoms with Crippen LogP contribution in [0.15, 0.2) is 54.6 Å². The van der Waals surface area contributed by atoms with Gasteiger partial charge in [-0.1, -0.05) is 12.1 Å². The zero-order valence-corrected chi connectivity index (χ0v) is 19.5. The number of para-hydroxylation sites is 1. The molecule has 1 N–H and O–H groups in total. The van der Waals surface area contributed by atoms with E-state index in [4.69, 9.17) is 0 Å². The largest absolute Gasteiger partial charge is 0.418 e. The summed E-state index contributed by atoms with van der Waals surface area (Å²) < 4.78 is 41.2. The molecule has 10 heteroatoms. The van der Waals surface area contributed by atoms with Crippen LogP contribution in [0, 0.1) is 13.8 Å². The van der Waals surface area contributed by atoms with E-state index in [2.05, 4.69) is 10.4 Å². The zero-order chi connectivity index (χ0) is 25.2. The van der Waals surface area contributed by atoms with E-state index >= 15 is 0 Å². The van der Waals surface area contributed by atoms with Gasteiger partial charge in [0.25, 0.3) is 5.91 Å². The van der Waals surface area contributed by atoms with Crippen molar-refractivity contribution in [2.75, 3.05) is 38.0 Å². The fourth-order valence-electron chi connectivity index (χ4n) is 4.16. The van der Waals surface area contributed by atoms with Gasteiger partial charge in [0.2, 0.25) is 5.91 Å². The highest BCUT2D eigenvalue weighted by molar-refractivity contribution is 5.95. The Bertz CT molecular complexity index is 1210. The first-order valence-corrected chi connectivity index (χ1v) is 11.2. The summed E-state index contributed by atoms with van der Waals surface area (Å²) in [6, 6.07) is 14.1. The molecule has 0 bridgehead atoms. The van der Waals surface area contributed by atoms with Gasteiger partial charge in [0.05, 0.1) is 29.2 Å². The van der Waals surface area contributed by atoms with Crippen LogP contribution in [-0.2, 0) is 11.0 Å². The fraction of sp³-hybridized carbons (Fsp3) is 0.320. The first-order chi connectivity index (χ1) is 16.6. The molecule has 7 nitrogen and oxygen atoms in total. The lowest BCUT2D eigenvalue weighted by molar-refractivity contribution is -0.137. The molecule has 0 radical (unpaired) electrons. The van der Waals surface area contributed by atoms with Gasteiger partial charge >= 0.3 is 6.18 Å². The summed E-state index contributed by atoms with van der Waals surface area (Å²) in [5.41, 5.74) is 2.21. The van der Waals surface area contributed by atoms with E-state index in [1.807, 2.05) is 41.6 Å². The van der Waals surface area contributed by atoms with Crippen LogP contribution in [-0.4, -0.2) is 64.1 Å². The second-order valence-electron chi connectivity index (χ2n) is 8.55. The lowest BCUT2D eigenvalue weighted by Crippen LogP contribution is -2.50. The SMILES string of the molecule is Cc1cc(C)n(-c2ccc(C(=O)N3CCN(CC(=O)Nc4ccccc4C(F)(F)F)CC3)cc2)n1. The Kier molecular flexibility index (Phi) is 6.93. The maximum absolute atomic E-state index is 13.1. The van der Waals surface area contributed by atoms with Gasteiger partial charge in [-0.05, 0) is 56.3 Å². The molecule has 0 saturated carbocycles. The van der Waals surface area contributed by atoms with Gasteiger partial charge in [0.1, 0.15) is 0 Å². The van der Waals surface area contributed by atoms with Crippen LogP contribution in [0.1, 0.15) is 27.3 Å². The third-order valence-electron chi connectivity index (χ3n) is 5.90. The number of benzene rings is 2. The quantitative estimate of drug-likeness (QED) is 0.595. The van der Waals surface area contributed by atoms with Gasteiger partial charge in [0, 0.05) is 37.4 Å². The topological polar surface area (TPSA) is 70.5 Å². The molecule has 4 rings (SSSR count). The predicted octanol–water partition coefficient (Wildman–Crippen LogP) is 3.90. The molecule has 1 aliphatic rings. The summed E-state index contributed by atoms with van der Waals surface area (Å²) >= 11 is 0. The highest BCUT2D eigenvalue weighted by Crippen LogP contribution is 2.34. The van der Waals surface area contributed by atoms with Gasteiger partial charge < -0.3 is 10.2 Å². The van der Waals surface area contributed by atoms with Crippen LogP contribution < -0.4 is 5.32 Å². The van der Waals surface area contributed by atoms with Crippen molar-refractivity contribution in [2.45, 2.75) is 20.0 Å². The Morgan fingerprint density at radius 3 is 2.23 bits per heavy atom. The van der Waals surface area contributed by atoms with Crippen LogP contribution in [0.5, 0.6) is 0 Å². The lowest BCUT2D eigenvalue weighted by Gasteiger charge is -2.34. The van der Waals surface area contributed by atoms with E-state index in [0.29, 0.717) is 31.7 Å². The third kappa shape index (κ3) is 5.71. The molecule has 1 fully saturated rings. The average Bonchev–Trinajstić information content (AvgIpc) is 3.16. The standard InChI is InChI=1S/C25H26F3N5O2/c1-17-15-18(2)33(30-17)20-9-7-19(8-10-20)24(35)32-13-11-31(12-14-32)16-23(34)29-22-6-4-3-5-21(22)25(26,27)28/h3-10,15H,11-14,16H2,1-2H3,(H,29,34). The maximum Gasteiger partial charge on any atom is 0.418 e. The maximum atomic E-state index is 13.1. The van der Waals surface area contributed by atoms with E-state index in [9.17, 15) is 22.8 Å². The number of rotatable bonds is 5. The molecule has 1 aromatic heterocycles. The molecule has 2 amide bonds. The van der Waals surface area contributed by atoms with E-state index in [-0.39, 0.29) is 18.1 Å². The van der Waals surface area contributed by atoms with E-state index in [1.54, 1.807) is 17.0 Å². The number of anilines is 1. The molecule has 0 unspecified atom stereocenters. The van der Waals surface area contributed by atoms with Gasteiger partial charge in [-0.2, -0.15) is 18.3 Å². The molecular formula is C25H26F3N5O2. The van der Waals surface area contributed by atoms with E-state index in [1.165, 1.54) is 18.2 Å². The van der Waals surface area contributed by atoms with Crippen molar-refractivity contribution in [1.29, 1.82) is 0 Å². The second-order valence-corrected chi connectivity index (χ2v) is 8.55. The summed E-state index contributed by atoms with van der Waals surface area (Å²) in [5, 5.41) is 6.81. The monoisotopic (exact) mass is 485 g/mol. The molecule has 3 aromatic rings. The summed E-state index contributed by atoms with van der Waals surface area (Å²) in [7, 11) is 0. The number of aromatic nitrogens is 2. The molecule has 35 heavy (non-hydrogen) atoms. The van der Waals surface area contributed by atoms with Crippen LogP contribution in [0.3, 0.4) is 0 Å². The van der Waals surface area contributed by atoms with E-state index < -0.39 is 17.6 Å². The molecular weight excluding hydrogens is 459 g/mol. The van der Waals surface area contributed by atoms with Crippen LogP contribution >= 0.6 is 0 Å². The molecule has 0 aliphatic carbocycles. The highest BCUT2D eigenvalue weighted by Gasteiger charge is 2.33. The van der Waals surface area contributed by atoms with Crippen LogP contribution in [0.25, 0.3) is 5.69 Å². The van der Waals surface area contributed by atoms with Gasteiger partial charge in [-0.3, -0.25) is 14.5 Å². The molecule has 2 heterocycles. The van der Waals surface area contributed by atoms with Crippen LogP contribution in [0.4, 0.5) is 18.9 Å². The molecule has 0 spiro atoms. The van der Waals surface area contributed by atoms with E-state index in [0.717, 1.165) is 23.1 Å². The molecule has 1 aliphatic heterocycles. The number of aryl methyl sites for hydroxylation is 2. The zero-order valence-electron chi connectivity index (χ0n) is 19.5. The number of piperazine rings is 1. The number of amides is 2. The smallest absolute Gasteiger partial charge is 0.336 e. The summed E-state index contributed by atoms with van der Waals surface area (Å²) in [6.45, 7) is 5.58. The lowest BCUT2D eigenvalue weighted by atomic mass is 10.1. The van der Waals surface area contributed by atoms with Crippen molar-refractivity contribution in [3.63, 3.8) is 0 Å². The van der Waals surface area contributed by atoms with Crippen molar-refractivity contribution in [3.8, 4) is 5.69 Å². The highest BCUT2D eigenvalue weighted by atomic mass is 19.4. The number of nitrogens with zero attached hydrogens (tertiary/aromatic N) is 4. The fourth-order valence-corrected chi connectivity index (χ4v) is 4.16. The number of carbonyl (C=O) groups is 2. The number of hydrogen-bond acceptors (Lipinski definition) is 4. The Morgan fingerprint density at radius 2 is 1.63 bits per heavy atom. The number of carbonyl (C=O) groups excluding carboxylic acids is 2. The van der Waals surface area contributed by atoms with Crippen LogP contribution in [0.2, 0.25) is 0 Å². The van der Waals surface area contributed by atoms with Crippen molar-refractivity contribution in [2.24, 2.45) is 0 Å². The van der Waals surface area contributed by atoms with Crippen molar-refractivity contribution in [1.82, 2.24) is 19.6 Å². The van der Waals surface area contributed by atoms with Crippen molar-refractivity contribution < 1.29 is 22.8 Å². The van der Waals surface area contributed by atoms with Gasteiger partial charge in [-0.25, -0.2) is 4.68 Å². The molecule has 184 valence electrons. The Labute approximate surface area is 201 Å². The summed E-state index contributed by atoms with van der Waals surface area (Å²) in [5.74, 6) is -0.630. The minimum atomic E-state index is -4.55. The average molecular weight is 486 g/mol. The first kappa shape index (κ1) is 24.5. The Morgan fingerprint density at radius 1 is 0.971 bits per heavy atom. The third-order valence-corrected chi connectivity index (χ3v) is 5.90. The number of alkyl halides is 3. The van der Waals surface area contributed by atoms with Crippen molar-refractivity contribution in [3.05, 3.63) is 77.1 Å². The Hall–Kier alpha value is -3.66. The minimum Gasteiger partial charge on any atom is -0.336 e. The number of halogens is 3.